The molecule has 0 saturated carbocycles. The van der Waals surface area contributed by atoms with E-state index in [4.69, 9.17) is 11.6 Å². The minimum atomic E-state index is -0.366. The summed E-state index contributed by atoms with van der Waals surface area (Å²) in [4.78, 5) is 11.3. The van der Waals surface area contributed by atoms with E-state index in [-0.39, 0.29) is 10.6 Å². The third-order valence-corrected chi connectivity index (χ3v) is 4.22. The first kappa shape index (κ1) is 11.4. The Balaban J connectivity index is 2.23. The van der Waals surface area contributed by atoms with Crippen LogP contribution in [0.15, 0.2) is 44.8 Å². The van der Waals surface area contributed by atoms with Gasteiger partial charge in [-0.2, -0.15) is 0 Å². The fourth-order valence-electron chi connectivity index (χ4n) is 1.11. The summed E-state index contributed by atoms with van der Waals surface area (Å²) in [5.74, 6) is 0. The first-order valence-electron chi connectivity index (χ1n) is 4.32. The van der Waals surface area contributed by atoms with E-state index in [1.807, 2.05) is 12.1 Å². The maximum Gasteiger partial charge on any atom is 0.294 e. The molecule has 0 spiro atoms. The molecule has 0 radical (unpaired) electrons. The minimum Gasteiger partial charge on any atom is -0.258 e. The summed E-state index contributed by atoms with van der Waals surface area (Å²) in [5.41, 5.74) is 0.157. The van der Waals surface area contributed by atoms with Crippen LogP contribution in [0.2, 0.25) is 5.02 Å². The van der Waals surface area contributed by atoms with Crippen molar-refractivity contribution < 1.29 is 4.92 Å². The predicted octanol–water partition coefficient (Wildman–Crippen LogP) is 4.46. The monoisotopic (exact) mass is 271 g/mol. The number of nitro groups is 1. The molecule has 0 aliphatic heterocycles. The molecule has 3 nitrogen and oxygen atoms in total. The Morgan fingerprint density at radius 1 is 1.25 bits per heavy atom. The molecular weight excluding hydrogens is 266 g/mol. The van der Waals surface area contributed by atoms with Gasteiger partial charge in [0, 0.05) is 16.0 Å². The van der Waals surface area contributed by atoms with Crippen molar-refractivity contribution in [3.8, 4) is 0 Å². The predicted molar refractivity (Wildman–Crippen MR) is 66.5 cm³/mol. The van der Waals surface area contributed by atoms with Crippen LogP contribution >= 0.6 is 34.7 Å². The van der Waals surface area contributed by atoms with Gasteiger partial charge in [0.25, 0.3) is 5.69 Å². The zero-order valence-corrected chi connectivity index (χ0v) is 10.3. The van der Waals surface area contributed by atoms with Gasteiger partial charge in [0.05, 0.1) is 4.92 Å². The second-order valence-electron chi connectivity index (χ2n) is 2.91. The summed E-state index contributed by atoms with van der Waals surface area (Å²) in [5, 5.41) is 13.1. The lowest BCUT2D eigenvalue weighted by molar-refractivity contribution is -0.387. The van der Waals surface area contributed by atoms with Crippen LogP contribution in [0.1, 0.15) is 0 Å². The molecule has 2 rings (SSSR count). The van der Waals surface area contributed by atoms with Crippen LogP contribution in [0.3, 0.4) is 0 Å². The highest BCUT2D eigenvalue weighted by atomic mass is 35.5. The molecule has 6 heteroatoms. The minimum absolute atomic E-state index is 0.157. The average Bonchev–Trinajstić information content (AvgIpc) is 2.69. The van der Waals surface area contributed by atoms with Crippen LogP contribution in [0.25, 0.3) is 0 Å². The standard InChI is InChI=1S/C10H6ClNO2S2/c11-7-1-3-8(4-2-7)16-10-9(12(13)14)5-6-15-10/h1-6H. The van der Waals surface area contributed by atoms with E-state index in [0.717, 1.165) is 4.90 Å². The van der Waals surface area contributed by atoms with Crippen molar-refractivity contribution in [3.63, 3.8) is 0 Å². The molecule has 0 aliphatic carbocycles. The number of rotatable bonds is 3. The second-order valence-corrected chi connectivity index (χ2v) is 5.60. The highest BCUT2D eigenvalue weighted by Gasteiger charge is 2.15. The zero-order chi connectivity index (χ0) is 11.5. The van der Waals surface area contributed by atoms with E-state index in [9.17, 15) is 10.1 Å². The number of halogens is 1. The van der Waals surface area contributed by atoms with Crippen molar-refractivity contribution in [1.82, 2.24) is 0 Å². The molecule has 1 aromatic heterocycles. The van der Waals surface area contributed by atoms with E-state index >= 15 is 0 Å². The molecule has 82 valence electrons. The Labute approximate surface area is 105 Å². The van der Waals surface area contributed by atoms with Crippen LogP contribution in [-0.2, 0) is 0 Å². The average molecular weight is 272 g/mol. The largest absolute Gasteiger partial charge is 0.294 e. The van der Waals surface area contributed by atoms with Gasteiger partial charge in [0.2, 0.25) is 0 Å². The fraction of sp³-hybridized carbons (Fsp3) is 0. The topological polar surface area (TPSA) is 43.1 Å². The Hall–Kier alpha value is -1.04. The number of hydrogen-bond acceptors (Lipinski definition) is 4. The van der Waals surface area contributed by atoms with Gasteiger partial charge >= 0.3 is 0 Å². The van der Waals surface area contributed by atoms with Crippen LogP contribution in [0.5, 0.6) is 0 Å². The van der Waals surface area contributed by atoms with E-state index in [0.29, 0.717) is 9.23 Å². The summed E-state index contributed by atoms with van der Waals surface area (Å²) < 4.78 is 0.687. The van der Waals surface area contributed by atoms with Gasteiger partial charge in [-0.15, -0.1) is 11.3 Å². The Bertz CT molecular complexity index is 510. The second kappa shape index (κ2) is 4.86. The molecule has 0 fully saturated rings. The first-order valence-corrected chi connectivity index (χ1v) is 6.39. The molecule has 0 bridgehead atoms. The molecular formula is C10H6ClNO2S2. The van der Waals surface area contributed by atoms with E-state index < -0.39 is 0 Å². The zero-order valence-electron chi connectivity index (χ0n) is 7.92. The van der Waals surface area contributed by atoms with Crippen LogP contribution in [0.4, 0.5) is 5.69 Å². The summed E-state index contributed by atoms with van der Waals surface area (Å²) >= 11 is 8.50. The van der Waals surface area contributed by atoms with Crippen molar-refractivity contribution in [3.05, 3.63) is 50.8 Å². The molecule has 1 aromatic carbocycles. The van der Waals surface area contributed by atoms with Crippen LogP contribution in [-0.4, -0.2) is 4.92 Å². The summed E-state index contributed by atoms with van der Waals surface area (Å²) in [6, 6.07) is 8.74. The SMILES string of the molecule is O=[N+]([O-])c1ccsc1Sc1ccc(Cl)cc1. The smallest absolute Gasteiger partial charge is 0.258 e. The first-order chi connectivity index (χ1) is 7.66. The van der Waals surface area contributed by atoms with Crippen LogP contribution < -0.4 is 0 Å². The number of hydrogen-bond donors (Lipinski definition) is 0. The molecule has 16 heavy (non-hydrogen) atoms. The highest BCUT2D eigenvalue weighted by molar-refractivity contribution is 8.01. The fourth-order valence-corrected chi connectivity index (χ4v) is 3.20. The lowest BCUT2D eigenvalue weighted by atomic mass is 10.4. The van der Waals surface area contributed by atoms with Crippen molar-refractivity contribution >= 4 is 40.4 Å². The molecule has 1 heterocycles. The highest BCUT2D eigenvalue weighted by Crippen LogP contribution is 2.39. The number of nitrogens with zero attached hydrogens (tertiary/aromatic N) is 1. The molecule has 2 aromatic rings. The van der Waals surface area contributed by atoms with E-state index in [2.05, 4.69) is 0 Å². The Kier molecular flexibility index (Phi) is 3.48. The van der Waals surface area contributed by atoms with Crippen molar-refractivity contribution in [2.45, 2.75) is 9.10 Å². The van der Waals surface area contributed by atoms with Gasteiger partial charge < -0.3 is 0 Å². The van der Waals surface area contributed by atoms with Gasteiger partial charge in [-0.3, -0.25) is 10.1 Å². The number of benzene rings is 1. The van der Waals surface area contributed by atoms with Gasteiger partial charge in [-0.1, -0.05) is 23.4 Å². The van der Waals surface area contributed by atoms with E-state index in [1.165, 1.54) is 29.2 Å². The van der Waals surface area contributed by atoms with Gasteiger partial charge in [-0.05, 0) is 29.6 Å². The Morgan fingerprint density at radius 3 is 2.56 bits per heavy atom. The van der Waals surface area contributed by atoms with Crippen molar-refractivity contribution in [2.24, 2.45) is 0 Å². The maximum atomic E-state index is 10.7. The Morgan fingerprint density at radius 2 is 1.94 bits per heavy atom. The van der Waals surface area contributed by atoms with Gasteiger partial charge in [0.1, 0.15) is 4.21 Å². The lowest BCUT2D eigenvalue weighted by Gasteiger charge is -1.98. The normalized spacial score (nSPS) is 10.3. The van der Waals surface area contributed by atoms with Crippen molar-refractivity contribution in [2.75, 3.05) is 0 Å². The molecule has 0 aliphatic rings. The number of thiophene rings is 1. The third-order valence-electron chi connectivity index (χ3n) is 1.83. The van der Waals surface area contributed by atoms with E-state index in [1.54, 1.807) is 17.5 Å². The summed E-state index contributed by atoms with van der Waals surface area (Å²) in [6.07, 6.45) is 0. The molecule has 0 N–H and O–H groups in total. The van der Waals surface area contributed by atoms with Gasteiger partial charge in [-0.25, -0.2) is 0 Å². The summed E-state index contributed by atoms with van der Waals surface area (Å²) in [7, 11) is 0. The molecule has 0 amide bonds. The molecule has 0 saturated heterocycles. The molecule has 0 unspecified atom stereocenters. The lowest BCUT2D eigenvalue weighted by Crippen LogP contribution is -1.85. The van der Waals surface area contributed by atoms with Gasteiger partial charge in [0.15, 0.2) is 0 Å². The van der Waals surface area contributed by atoms with Crippen LogP contribution in [0, 0.1) is 10.1 Å². The quantitative estimate of drug-likeness (QED) is 0.611. The molecule has 0 atom stereocenters. The van der Waals surface area contributed by atoms with Crippen molar-refractivity contribution in [1.29, 1.82) is 0 Å². The maximum absolute atomic E-state index is 10.7. The third kappa shape index (κ3) is 2.55. The summed E-state index contributed by atoms with van der Waals surface area (Å²) in [6.45, 7) is 0.